The molecule has 0 aromatic heterocycles. The van der Waals surface area contributed by atoms with Gasteiger partial charge in [0.2, 0.25) is 21.8 Å². The van der Waals surface area contributed by atoms with Crippen molar-refractivity contribution in [2.24, 2.45) is 0 Å². The van der Waals surface area contributed by atoms with Crippen LogP contribution in [0.3, 0.4) is 0 Å². The molecule has 2 amide bonds. The average Bonchev–Trinajstić information content (AvgIpc) is 2.84. The van der Waals surface area contributed by atoms with Crippen molar-refractivity contribution in [1.82, 2.24) is 10.2 Å². The Morgan fingerprint density at radius 2 is 1.49 bits per heavy atom. The zero-order valence-electron chi connectivity index (χ0n) is 21.2. The number of carbonyl (C=O) groups is 2. The topological polar surface area (TPSA) is 86.8 Å². The Balaban J connectivity index is 2.03. The fraction of sp³-hybridized carbons (Fsp3) is 0.286. The molecular formula is C28H32ClN3O4S. The van der Waals surface area contributed by atoms with Crippen LogP contribution in [0.15, 0.2) is 84.9 Å². The van der Waals surface area contributed by atoms with Crippen molar-refractivity contribution >= 4 is 39.1 Å². The SMILES string of the molecule is CC(C)NC(=O)[C@@H](Cc1ccccc1)N(Cc1ccccc1)C(=O)CN(c1cccc(Cl)c1)S(C)(=O)=O. The lowest BCUT2D eigenvalue weighted by Gasteiger charge is -2.34. The second kappa shape index (κ2) is 12.7. The average molecular weight is 542 g/mol. The fourth-order valence-electron chi connectivity index (χ4n) is 3.96. The largest absolute Gasteiger partial charge is 0.352 e. The molecule has 37 heavy (non-hydrogen) atoms. The lowest BCUT2D eigenvalue weighted by molar-refractivity contribution is -0.140. The van der Waals surface area contributed by atoms with Gasteiger partial charge in [-0.15, -0.1) is 0 Å². The number of anilines is 1. The first-order valence-electron chi connectivity index (χ1n) is 12.0. The van der Waals surface area contributed by atoms with Gasteiger partial charge >= 0.3 is 0 Å². The number of amides is 2. The van der Waals surface area contributed by atoms with Gasteiger partial charge in [0.25, 0.3) is 0 Å². The first-order valence-corrected chi connectivity index (χ1v) is 14.2. The first kappa shape index (κ1) is 28.2. The summed E-state index contributed by atoms with van der Waals surface area (Å²) in [5, 5.41) is 3.27. The fourth-order valence-corrected chi connectivity index (χ4v) is 4.99. The third kappa shape index (κ3) is 8.33. The summed E-state index contributed by atoms with van der Waals surface area (Å²) in [6.45, 7) is 3.36. The molecule has 9 heteroatoms. The van der Waals surface area contributed by atoms with E-state index in [2.05, 4.69) is 5.32 Å². The van der Waals surface area contributed by atoms with Gasteiger partial charge in [-0.05, 0) is 43.2 Å². The van der Waals surface area contributed by atoms with Crippen LogP contribution >= 0.6 is 11.6 Å². The molecule has 0 aliphatic heterocycles. The highest BCUT2D eigenvalue weighted by Crippen LogP contribution is 2.23. The molecular weight excluding hydrogens is 510 g/mol. The molecule has 0 saturated heterocycles. The molecule has 0 saturated carbocycles. The Morgan fingerprint density at radius 3 is 2.03 bits per heavy atom. The molecule has 1 atom stereocenters. The highest BCUT2D eigenvalue weighted by atomic mass is 35.5. The minimum absolute atomic E-state index is 0.135. The number of halogens is 1. The molecule has 196 valence electrons. The quantitative estimate of drug-likeness (QED) is 0.393. The van der Waals surface area contributed by atoms with Gasteiger partial charge in [-0.25, -0.2) is 8.42 Å². The Labute approximate surface area is 224 Å². The van der Waals surface area contributed by atoms with Crippen LogP contribution in [0.4, 0.5) is 5.69 Å². The molecule has 0 aliphatic rings. The molecule has 0 radical (unpaired) electrons. The van der Waals surface area contributed by atoms with Crippen molar-refractivity contribution in [1.29, 1.82) is 0 Å². The molecule has 0 spiro atoms. The normalized spacial score (nSPS) is 12.1. The smallest absolute Gasteiger partial charge is 0.244 e. The Kier molecular flexibility index (Phi) is 9.72. The zero-order chi connectivity index (χ0) is 27.0. The molecule has 0 fully saturated rings. The van der Waals surface area contributed by atoms with E-state index in [1.807, 2.05) is 74.5 Å². The summed E-state index contributed by atoms with van der Waals surface area (Å²) in [7, 11) is -3.83. The number of carbonyl (C=O) groups excluding carboxylic acids is 2. The molecule has 3 aromatic carbocycles. The minimum Gasteiger partial charge on any atom is -0.352 e. The van der Waals surface area contributed by atoms with Gasteiger partial charge in [-0.1, -0.05) is 78.3 Å². The van der Waals surface area contributed by atoms with Crippen LogP contribution in [-0.2, 0) is 32.6 Å². The number of rotatable bonds is 11. The van der Waals surface area contributed by atoms with Gasteiger partial charge in [0.05, 0.1) is 11.9 Å². The van der Waals surface area contributed by atoms with E-state index in [0.717, 1.165) is 21.7 Å². The van der Waals surface area contributed by atoms with Gasteiger partial charge < -0.3 is 10.2 Å². The predicted molar refractivity (Wildman–Crippen MR) is 148 cm³/mol. The van der Waals surface area contributed by atoms with Crippen LogP contribution < -0.4 is 9.62 Å². The van der Waals surface area contributed by atoms with Gasteiger partial charge in [0.15, 0.2) is 0 Å². The van der Waals surface area contributed by atoms with Gasteiger partial charge in [-0.2, -0.15) is 0 Å². The summed E-state index contributed by atoms with van der Waals surface area (Å²) in [6, 6.07) is 24.1. The van der Waals surface area contributed by atoms with E-state index in [1.54, 1.807) is 18.2 Å². The van der Waals surface area contributed by atoms with E-state index >= 15 is 0 Å². The van der Waals surface area contributed by atoms with E-state index in [9.17, 15) is 18.0 Å². The van der Waals surface area contributed by atoms with E-state index in [1.165, 1.54) is 11.0 Å². The number of nitrogens with zero attached hydrogens (tertiary/aromatic N) is 2. The summed E-state index contributed by atoms with van der Waals surface area (Å²) in [5.41, 5.74) is 1.97. The highest BCUT2D eigenvalue weighted by molar-refractivity contribution is 7.92. The monoisotopic (exact) mass is 541 g/mol. The second-order valence-electron chi connectivity index (χ2n) is 9.13. The Hall–Kier alpha value is -3.36. The molecule has 0 aliphatic carbocycles. The second-order valence-corrected chi connectivity index (χ2v) is 11.5. The summed E-state index contributed by atoms with van der Waals surface area (Å²) in [5.74, 6) is -0.814. The Bertz CT molecular complexity index is 1300. The van der Waals surface area contributed by atoms with Crippen molar-refractivity contribution in [3.63, 3.8) is 0 Å². The molecule has 0 bridgehead atoms. The van der Waals surface area contributed by atoms with Crippen molar-refractivity contribution in [2.75, 3.05) is 17.1 Å². The van der Waals surface area contributed by atoms with Crippen LogP contribution in [0, 0.1) is 0 Å². The highest BCUT2D eigenvalue weighted by Gasteiger charge is 2.33. The minimum atomic E-state index is -3.83. The van der Waals surface area contributed by atoms with Gasteiger partial charge in [-0.3, -0.25) is 13.9 Å². The van der Waals surface area contributed by atoms with Crippen LogP contribution in [0.1, 0.15) is 25.0 Å². The van der Waals surface area contributed by atoms with Crippen LogP contribution in [0.2, 0.25) is 5.02 Å². The molecule has 1 N–H and O–H groups in total. The van der Waals surface area contributed by atoms with E-state index in [4.69, 9.17) is 11.6 Å². The number of hydrogen-bond acceptors (Lipinski definition) is 4. The number of nitrogens with one attached hydrogen (secondary N) is 1. The number of sulfonamides is 1. The van der Waals surface area contributed by atoms with Crippen LogP contribution in [-0.4, -0.2) is 50.0 Å². The number of hydrogen-bond donors (Lipinski definition) is 1. The summed E-state index contributed by atoms with van der Waals surface area (Å²) in [4.78, 5) is 28.8. The van der Waals surface area contributed by atoms with Crippen LogP contribution in [0.25, 0.3) is 0 Å². The molecule has 0 heterocycles. The third-order valence-electron chi connectivity index (χ3n) is 5.67. The van der Waals surface area contributed by atoms with Gasteiger partial charge in [0.1, 0.15) is 12.6 Å². The molecule has 3 aromatic rings. The van der Waals surface area contributed by atoms with Crippen LogP contribution in [0.5, 0.6) is 0 Å². The first-order chi connectivity index (χ1) is 17.5. The standard InChI is InChI=1S/C28H32ClN3O4S/c1-21(2)30-28(34)26(17-22-11-6-4-7-12-22)31(19-23-13-8-5-9-14-23)27(33)20-32(37(3,35)36)25-16-10-15-24(29)18-25/h4-16,18,21,26H,17,19-20H2,1-3H3,(H,30,34)/t26-/m1/s1. The van der Waals surface area contributed by atoms with Gasteiger partial charge in [0, 0.05) is 24.0 Å². The molecule has 3 rings (SSSR count). The van der Waals surface area contributed by atoms with E-state index in [-0.39, 0.29) is 30.6 Å². The van der Waals surface area contributed by atoms with Crippen molar-refractivity contribution in [3.05, 3.63) is 101 Å². The summed E-state index contributed by atoms with van der Waals surface area (Å²) >= 11 is 6.11. The third-order valence-corrected chi connectivity index (χ3v) is 7.05. The molecule has 7 nitrogen and oxygen atoms in total. The maximum Gasteiger partial charge on any atom is 0.244 e. The van der Waals surface area contributed by atoms with Crippen molar-refractivity contribution < 1.29 is 18.0 Å². The summed E-state index contributed by atoms with van der Waals surface area (Å²) < 4.78 is 26.5. The zero-order valence-corrected chi connectivity index (χ0v) is 22.7. The van der Waals surface area contributed by atoms with Crippen molar-refractivity contribution in [2.45, 2.75) is 38.9 Å². The maximum atomic E-state index is 13.9. The number of benzene rings is 3. The Morgan fingerprint density at radius 1 is 0.892 bits per heavy atom. The maximum absolute atomic E-state index is 13.9. The lowest BCUT2D eigenvalue weighted by atomic mass is 10.0. The van der Waals surface area contributed by atoms with E-state index in [0.29, 0.717) is 5.02 Å². The molecule has 0 unspecified atom stereocenters. The summed E-state index contributed by atoms with van der Waals surface area (Å²) in [6.07, 6.45) is 1.31. The lowest BCUT2D eigenvalue weighted by Crippen LogP contribution is -2.54. The van der Waals surface area contributed by atoms with E-state index < -0.39 is 28.5 Å². The predicted octanol–water partition coefficient (Wildman–Crippen LogP) is 4.27. The van der Waals surface area contributed by atoms with Crippen molar-refractivity contribution in [3.8, 4) is 0 Å².